The molecule has 0 saturated carbocycles. The summed E-state index contributed by atoms with van der Waals surface area (Å²) >= 11 is 0. The zero-order valence-corrected chi connectivity index (χ0v) is 37.7. The number of allylic oxidation sites excluding steroid dienone is 2. The molecule has 1 aliphatic heterocycles. The van der Waals surface area contributed by atoms with Crippen LogP contribution < -0.4 is 0 Å². The summed E-state index contributed by atoms with van der Waals surface area (Å²) in [6.07, 6.45) is 35.0. The molecule has 2 nitrogen and oxygen atoms in total. The minimum absolute atomic E-state index is 1.05. The van der Waals surface area contributed by atoms with Gasteiger partial charge in [-0.25, -0.2) is 4.70 Å². The first-order valence-corrected chi connectivity index (χ1v) is 24.2. The van der Waals surface area contributed by atoms with Gasteiger partial charge in [0.25, 0.3) is 0 Å². The number of hydrogen-bond acceptors (Lipinski definition) is 0. The van der Waals surface area contributed by atoms with Crippen LogP contribution in [0.1, 0.15) is 248 Å². The first kappa shape index (κ1) is 46.9. The molecule has 0 N–H and O–H groups in total. The predicted octanol–water partition coefficient (Wildman–Crippen LogP) is 17.2. The Kier molecular flexibility index (Phi) is 23.2. The van der Waals surface area contributed by atoms with E-state index in [1.54, 1.807) is 38.1 Å². The van der Waals surface area contributed by atoms with Crippen LogP contribution in [-0.4, -0.2) is 4.70 Å². The zero-order valence-electron chi connectivity index (χ0n) is 37.7. The van der Waals surface area contributed by atoms with Crippen molar-refractivity contribution < 1.29 is 4.70 Å². The number of aryl methyl sites for hydroxylation is 4. The summed E-state index contributed by atoms with van der Waals surface area (Å²) in [5.41, 5.74) is 30.0. The fourth-order valence-corrected chi connectivity index (χ4v) is 9.00. The molecule has 3 rings (SSSR count). The monoisotopic (exact) mass is 751 g/mol. The Morgan fingerprint density at radius 3 is 0.909 bits per heavy atom. The van der Waals surface area contributed by atoms with Crippen LogP contribution in [0.2, 0.25) is 0 Å². The molecule has 2 aromatic carbocycles. The van der Waals surface area contributed by atoms with Crippen LogP contribution in [0.25, 0.3) is 16.9 Å². The summed E-state index contributed by atoms with van der Waals surface area (Å²) in [6, 6.07) is 10.2. The minimum Gasteiger partial charge on any atom is -0.493 e. The first-order valence-electron chi connectivity index (χ1n) is 24.2. The van der Waals surface area contributed by atoms with Crippen molar-refractivity contribution in [3.8, 4) is 0 Å². The van der Waals surface area contributed by atoms with E-state index in [0.717, 1.165) is 49.9 Å². The second kappa shape index (κ2) is 27.2. The van der Waals surface area contributed by atoms with Gasteiger partial charge in [0.15, 0.2) is 0 Å². The van der Waals surface area contributed by atoms with Gasteiger partial charge in [0.2, 0.25) is 11.4 Å². The molecule has 0 amide bonds. The molecule has 0 fully saturated rings. The van der Waals surface area contributed by atoms with E-state index in [0.29, 0.717) is 0 Å². The second-order valence-corrected chi connectivity index (χ2v) is 17.1. The molecule has 2 heteroatoms. The zero-order chi connectivity index (χ0) is 39.8. The highest BCUT2D eigenvalue weighted by atomic mass is 15.2. The largest absolute Gasteiger partial charge is 0.493 e. The minimum atomic E-state index is 1.05. The molecular formula is C53H86N2. The molecule has 0 aliphatic carbocycles. The number of nitrogens with zero attached hydrogens (tertiary/aromatic N) is 2. The lowest BCUT2D eigenvalue weighted by Gasteiger charge is -2.20. The Morgan fingerprint density at radius 2 is 0.600 bits per heavy atom. The van der Waals surface area contributed by atoms with Crippen molar-refractivity contribution in [1.82, 2.24) is 0 Å². The van der Waals surface area contributed by atoms with Crippen LogP contribution in [0.4, 0.5) is 0 Å². The Bertz CT molecular complexity index is 1430. The van der Waals surface area contributed by atoms with Gasteiger partial charge in [-0.1, -0.05) is 139 Å². The SMILES string of the molecule is CCCCCCCC1=C(c2cc(CCCC)c(CCCC)c(CCCC)c2)[N+](=[N-])C(c2cc(CCCC)c(CCCC)c(CCCC)c2)=C1CCCCCC. The third kappa shape index (κ3) is 14.1. The fraction of sp³-hybridized carbons (Fsp3) is 0.698. The Labute approximate surface area is 342 Å². The lowest BCUT2D eigenvalue weighted by molar-refractivity contribution is -0.345. The average molecular weight is 751 g/mol. The number of benzene rings is 2. The number of unbranched alkanes of at least 4 members (excludes halogenated alkanes) is 13. The molecule has 0 aromatic heterocycles. The summed E-state index contributed by atoms with van der Waals surface area (Å²) in [5, 5.41) is 0. The van der Waals surface area contributed by atoms with Gasteiger partial charge >= 0.3 is 0 Å². The average Bonchev–Trinajstić information content (AvgIpc) is 3.47. The fourth-order valence-electron chi connectivity index (χ4n) is 9.00. The molecule has 55 heavy (non-hydrogen) atoms. The van der Waals surface area contributed by atoms with Crippen molar-refractivity contribution in [2.45, 2.75) is 242 Å². The van der Waals surface area contributed by atoms with Crippen molar-refractivity contribution in [3.63, 3.8) is 0 Å². The highest BCUT2D eigenvalue weighted by Crippen LogP contribution is 2.46. The highest BCUT2D eigenvalue weighted by Gasteiger charge is 2.36. The molecule has 2 aromatic rings. The van der Waals surface area contributed by atoms with Gasteiger partial charge in [-0.05, 0) is 160 Å². The standard InChI is InChI=1S/C53H86N2/c1-9-17-25-27-29-37-51-50(36-28-26-18-10-2)52(46-38-42(30-19-11-3)48(34-23-15-7)43(39-46)31-20-12-4)55(54)53(51)47-40-44(32-21-13-5)49(35-24-16-8)45(41-47)33-22-14-6/h38-41H,9-37H2,1-8H3. The summed E-state index contributed by atoms with van der Waals surface area (Å²) in [4.78, 5) is 0. The maximum absolute atomic E-state index is 12.9. The van der Waals surface area contributed by atoms with E-state index in [1.165, 1.54) is 170 Å². The van der Waals surface area contributed by atoms with Crippen LogP contribution in [0.5, 0.6) is 0 Å². The van der Waals surface area contributed by atoms with Gasteiger partial charge in [-0.2, -0.15) is 0 Å². The highest BCUT2D eigenvalue weighted by molar-refractivity contribution is 5.83. The third-order valence-corrected chi connectivity index (χ3v) is 12.3. The number of hydrogen-bond donors (Lipinski definition) is 0. The van der Waals surface area contributed by atoms with Gasteiger partial charge in [-0.15, -0.1) is 0 Å². The maximum atomic E-state index is 12.9. The first-order chi connectivity index (χ1) is 26.9. The van der Waals surface area contributed by atoms with Crippen molar-refractivity contribution >= 4 is 11.4 Å². The Morgan fingerprint density at radius 1 is 0.327 bits per heavy atom. The van der Waals surface area contributed by atoms with Crippen LogP contribution in [0, 0.1) is 0 Å². The van der Waals surface area contributed by atoms with Gasteiger partial charge in [0.1, 0.15) is 0 Å². The molecule has 0 atom stereocenters. The van der Waals surface area contributed by atoms with Crippen LogP contribution in [-0.2, 0) is 38.5 Å². The Hall–Kier alpha value is -2.48. The van der Waals surface area contributed by atoms with Crippen molar-refractivity contribution in [1.29, 1.82) is 0 Å². The van der Waals surface area contributed by atoms with E-state index in [1.807, 2.05) is 0 Å². The van der Waals surface area contributed by atoms with Gasteiger partial charge < -0.3 is 5.53 Å². The van der Waals surface area contributed by atoms with E-state index in [-0.39, 0.29) is 0 Å². The topological polar surface area (TPSA) is 25.3 Å². The summed E-state index contributed by atoms with van der Waals surface area (Å²) in [7, 11) is 0. The molecule has 0 radical (unpaired) electrons. The molecule has 1 heterocycles. The molecule has 0 saturated heterocycles. The number of rotatable bonds is 31. The summed E-state index contributed by atoms with van der Waals surface area (Å²) in [5.74, 6) is 0. The van der Waals surface area contributed by atoms with Crippen LogP contribution >= 0.6 is 0 Å². The van der Waals surface area contributed by atoms with Crippen molar-refractivity contribution in [2.75, 3.05) is 0 Å². The van der Waals surface area contributed by atoms with Gasteiger partial charge in [-0.3, -0.25) is 0 Å². The van der Waals surface area contributed by atoms with E-state index >= 15 is 0 Å². The molecule has 308 valence electrons. The Balaban J connectivity index is 2.37. The third-order valence-electron chi connectivity index (χ3n) is 12.3. The van der Waals surface area contributed by atoms with Crippen molar-refractivity contribution in [3.05, 3.63) is 85.5 Å². The van der Waals surface area contributed by atoms with E-state index < -0.39 is 0 Å². The van der Waals surface area contributed by atoms with Crippen LogP contribution in [0.3, 0.4) is 0 Å². The van der Waals surface area contributed by atoms with Gasteiger partial charge in [0, 0.05) is 22.3 Å². The summed E-state index contributed by atoms with van der Waals surface area (Å²) < 4.78 is 1.74. The smallest absolute Gasteiger partial charge is 0.211 e. The molecule has 1 aliphatic rings. The van der Waals surface area contributed by atoms with Crippen LogP contribution in [0.15, 0.2) is 35.4 Å². The molecule has 0 unspecified atom stereocenters. The molecule has 0 spiro atoms. The summed E-state index contributed by atoms with van der Waals surface area (Å²) in [6.45, 7) is 18.6. The lowest BCUT2D eigenvalue weighted by atomic mass is 9.86. The predicted molar refractivity (Wildman–Crippen MR) is 244 cm³/mol. The maximum Gasteiger partial charge on any atom is 0.211 e. The second-order valence-electron chi connectivity index (χ2n) is 17.1. The molecule has 0 bridgehead atoms. The molecular weight excluding hydrogens is 665 g/mol. The lowest BCUT2D eigenvalue weighted by Crippen LogP contribution is -2.09. The van der Waals surface area contributed by atoms with E-state index in [4.69, 9.17) is 0 Å². The van der Waals surface area contributed by atoms with E-state index in [2.05, 4.69) is 79.7 Å². The van der Waals surface area contributed by atoms with Crippen molar-refractivity contribution in [2.24, 2.45) is 0 Å². The van der Waals surface area contributed by atoms with Gasteiger partial charge in [0.05, 0.1) is 0 Å². The normalized spacial score (nSPS) is 13.3. The quantitative estimate of drug-likeness (QED) is 0.0542. The van der Waals surface area contributed by atoms with E-state index in [9.17, 15) is 5.53 Å².